The van der Waals surface area contributed by atoms with Gasteiger partial charge in [-0.3, -0.25) is 9.59 Å². The fourth-order valence-electron chi connectivity index (χ4n) is 2.38. The van der Waals surface area contributed by atoms with Gasteiger partial charge >= 0.3 is 0 Å². The Morgan fingerprint density at radius 2 is 2.27 bits per heavy atom. The van der Waals surface area contributed by atoms with Gasteiger partial charge in [0.1, 0.15) is 11.8 Å². The first-order valence-corrected chi connectivity index (χ1v) is 7.03. The summed E-state index contributed by atoms with van der Waals surface area (Å²) < 4.78 is 10.5. The third kappa shape index (κ3) is 3.46. The van der Waals surface area contributed by atoms with Gasteiger partial charge in [-0.2, -0.15) is 0 Å². The predicted molar refractivity (Wildman–Crippen MR) is 82.9 cm³/mol. The van der Waals surface area contributed by atoms with Gasteiger partial charge in [0.15, 0.2) is 0 Å². The molecule has 0 spiro atoms. The zero-order valence-electron chi connectivity index (χ0n) is 12.8. The maximum atomic E-state index is 12.4. The lowest BCUT2D eigenvalue weighted by atomic mass is 10.1. The predicted octanol–water partition coefficient (Wildman–Crippen LogP) is 1.36. The highest BCUT2D eigenvalue weighted by molar-refractivity contribution is 5.99. The number of hydrogen-bond acceptors (Lipinski definition) is 4. The van der Waals surface area contributed by atoms with Crippen molar-refractivity contribution in [2.75, 3.05) is 32.2 Å². The number of benzene rings is 1. The number of aryl methyl sites for hydroxylation is 1. The Hall–Kier alpha value is -2.34. The van der Waals surface area contributed by atoms with Crippen molar-refractivity contribution in [1.82, 2.24) is 4.90 Å². The highest BCUT2D eigenvalue weighted by Gasteiger charge is 2.31. The summed E-state index contributed by atoms with van der Waals surface area (Å²) >= 11 is 0. The summed E-state index contributed by atoms with van der Waals surface area (Å²) in [7, 11) is 1.60. The number of hydrogen-bond donors (Lipinski definition) is 1. The molecule has 1 atom stereocenters. The summed E-state index contributed by atoms with van der Waals surface area (Å²) in [6, 6.07) is 4.71. The van der Waals surface area contributed by atoms with Crippen molar-refractivity contribution in [3.05, 3.63) is 36.4 Å². The van der Waals surface area contributed by atoms with E-state index in [4.69, 9.17) is 9.47 Å². The topological polar surface area (TPSA) is 67.9 Å². The van der Waals surface area contributed by atoms with Gasteiger partial charge in [-0.25, -0.2) is 0 Å². The molecule has 0 aromatic heterocycles. The summed E-state index contributed by atoms with van der Waals surface area (Å²) in [6.07, 6.45) is 1.21. The Morgan fingerprint density at radius 3 is 2.91 bits per heavy atom. The van der Waals surface area contributed by atoms with Crippen LogP contribution in [-0.4, -0.2) is 49.6 Å². The van der Waals surface area contributed by atoms with Gasteiger partial charge in [0, 0.05) is 12.2 Å². The van der Waals surface area contributed by atoms with E-state index in [-0.39, 0.29) is 18.4 Å². The average molecular weight is 304 g/mol. The molecule has 0 bridgehead atoms. The summed E-state index contributed by atoms with van der Waals surface area (Å²) in [5, 5.41) is 2.81. The van der Waals surface area contributed by atoms with Crippen LogP contribution >= 0.6 is 0 Å². The third-order valence-electron chi connectivity index (χ3n) is 3.55. The number of carbonyl (C=O) groups is 2. The molecule has 0 aliphatic carbocycles. The molecule has 1 aliphatic heterocycles. The first-order valence-electron chi connectivity index (χ1n) is 7.03. The van der Waals surface area contributed by atoms with Crippen LogP contribution in [0, 0.1) is 6.92 Å². The lowest BCUT2D eigenvalue weighted by molar-refractivity contribution is -0.142. The maximum Gasteiger partial charge on any atom is 0.249 e. The zero-order chi connectivity index (χ0) is 16.1. The second-order valence-corrected chi connectivity index (χ2v) is 5.00. The molecule has 2 amide bonds. The molecule has 0 saturated carbocycles. The number of nitrogens with one attached hydrogen (secondary N) is 1. The molecule has 22 heavy (non-hydrogen) atoms. The molecule has 1 heterocycles. The summed E-state index contributed by atoms with van der Waals surface area (Å²) in [4.78, 5) is 25.7. The Morgan fingerprint density at radius 1 is 1.50 bits per heavy atom. The van der Waals surface area contributed by atoms with Crippen LogP contribution in [0.5, 0.6) is 5.75 Å². The van der Waals surface area contributed by atoms with E-state index in [0.29, 0.717) is 18.8 Å². The van der Waals surface area contributed by atoms with Crippen LogP contribution in [0.4, 0.5) is 5.69 Å². The first kappa shape index (κ1) is 16.0. The van der Waals surface area contributed by atoms with Crippen molar-refractivity contribution in [3.8, 4) is 5.75 Å². The molecule has 1 N–H and O–H groups in total. The minimum absolute atomic E-state index is 0.181. The van der Waals surface area contributed by atoms with Crippen molar-refractivity contribution >= 4 is 17.5 Å². The molecule has 1 saturated heterocycles. The maximum absolute atomic E-state index is 12.4. The van der Waals surface area contributed by atoms with E-state index in [0.717, 1.165) is 11.3 Å². The van der Waals surface area contributed by atoms with Crippen molar-refractivity contribution in [2.45, 2.75) is 13.0 Å². The fourth-order valence-corrected chi connectivity index (χ4v) is 2.38. The molecule has 1 fully saturated rings. The Labute approximate surface area is 129 Å². The van der Waals surface area contributed by atoms with Crippen LogP contribution in [0.25, 0.3) is 0 Å². The summed E-state index contributed by atoms with van der Waals surface area (Å²) in [5.41, 5.74) is 1.57. The lowest BCUT2D eigenvalue weighted by Crippen LogP contribution is -2.53. The summed E-state index contributed by atoms with van der Waals surface area (Å²) in [6.45, 7) is 6.34. The number of amides is 2. The van der Waals surface area contributed by atoms with E-state index >= 15 is 0 Å². The molecule has 1 aromatic carbocycles. The Balaban J connectivity index is 2.11. The van der Waals surface area contributed by atoms with Crippen molar-refractivity contribution in [3.63, 3.8) is 0 Å². The largest absolute Gasteiger partial charge is 0.496 e. The van der Waals surface area contributed by atoms with Crippen LogP contribution in [0.15, 0.2) is 30.9 Å². The Kier molecular flexibility index (Phi) is 5.16. The molecular formula is C16H20N2O4. The van der Waals surface area contributed by atoms with E-state index in [1.54, 1.807) is 19.2 Å². The molecular weight excluding hydrogens is 284 g/mol. The third-order valence-corrected chi connectivity index (χ3v) is 3.55. The molecule has 1 unspecified atom stereocenters. The van der Waals surface area contributed by atoms with Crippen molar-refractivity contribution in [2.24, 2.45) is 0 Å². The van der Waals surface area contributed by atoms with Crippen LogP contribution in [-0.2, 0) is 14.3 Å². The fraction of sp³-hybridized carbons (Fsp3) is 0.375. The smallest absolute Gasteiger partial charge is 0.249 e. The van der Waals surface area contributed by atoms with Gasteiger partial charge in [0.25, 0.3) is 0 Å². The normalized spacial score (nSPS) is 17.7. The molecule has 118 valence electrons. The highest BCUT2D eigenvalue weighted by Crippen LogP contribution is 2.22. The minimum atomic E-state index is -0.651. The molecule has 6 heteroatoms. The van der Waals surface area contributed by atoms with Crippen LogP contribution in [0.2, 0.25) is 0 Å². The lowest BCUT2D eigenvalue weighted by Gasteiger charge is -2.33. The van der Waals surface area contributed by atoms with Crippen LogP contribution < -0.4 is 10.1 Å². The van der Waals surface area contributed by atoms with E-state index < -0.39 is 6.04 Å². The second kappa shape index (κ2) is 7.09. The van der Waals surface area contributed by atoms with Gasteiger partial charge in [-0.1, -0.05) is 6.58 Å². The van der Waals surface area contributed by atoms with Gasteiger partial charge in [-0.05, 0) is 36.8 Å². The molecule has 2 rings (SSSR count). The highest BCUT2D eigenvalue weighted by atomic mass is 16.5. The standard InChI is InChI=1S/C16H20N2O4/c1-4-15(19)18-7-8-22-10-13(18)16(20)17-12-5-6-14(21-3)11(2)9-12/h4-6,9,13H,1,7-8,10H2,2-3H3,(H,17,20). The molecule has 1 aliphatic rings. The van der Waals surface area contributed by atoms with Crippen molar-refractivity contribution in [1.29, 1.82) is 0 Å². The van der Waals surface area contributed by atoms with E-state index in [1.165, 1.54) is 11.0 Å². The number of nitrogens with zero attached hydrogens (tertiary/aromatic N) is 1. The first-order chi connectivity index (χ1) is 10.6. The number of carbonyl (C=O) groups excluding carboxylic acids is 2. The monoisotopic (exact) mass is 304 g/mol. The average Bonchev–Trinajstić information content (AvgIpc) is 2.54. The number of anilines is 1. The second-order valence-electron chi connectivity index (χ2n) is 5.00. The van der Waals surface area contributed by atoms with Gasteiger partial charge < -0.3 is 19.7 Å². The van der Waals surface area contributed by atoms with Gasteiger partial charge in [0.05, 0.1) is 20.3 Å². The van der Waals surface area contributed by atoms with Crippen molar-refractivity contribution < 1.29 is 19.1 Å². The quantitative estimate of drug-likeness (QED) is 0.853. The Bertz CT molecular complexity index is 586. The van der Waals surface area contributed by atoms with Crippen LogP contribution in [0.3, 0.4) is 0 Å². The van der Waals surface area contributed by atoms with Gasteiger partial charge in [0.2, 0.25) is 11.8 Å². The van der Waals surface area contributed by atoms with E-state index in [2.05, 4.69) is 11.9 Å². The van der Waals surface area contributed by atoms with E-state index in [1.807, 2.05) is 13.0 Å². The summed E-state index contributed by atoms with van der Waals surface area (Å²) in [5.74, 6) is 0.205. The number of rotatable bonds is 4. The van der Waals surface area contributed by atoms with Crippen LogP contribution in [0.1, 0.15) is 5.56 Å². The molecule has 0 radical (unpaired) electrons. The minimum Gasteiger partial charge on any atom is -0.496 e. The number of morpholine rings is 1. The number of methoxy groups -OCH3 is 1. The number of ether oxygens (including phenoxy) is 2. The van der Waals surface area contributed by atoms with E-state index in [9.17, 15) is 9.59 Å². The molecule has 1 aromatic rings. The molecule has 6 nitrogen and oxygen atoms in total. The SMILES string of the molecule is C=CC(=O)N1CCOCC1C(=O)Nc1ccc(OC)c(C)c1. The van der Waals surface area contributed by atoms with Gasteiger partial charge in [-0.15, -0.1) is 0 Å². The zero-order valence-corrected chi connectivity index (χ0v) is 12.8.